The molecule has 4 N–H and O–H groups in total. The summed E-state index contributed by atoms with van der Waals surface area (Å²) < 4.78 is 0. The highest BCUT2D eigenvalue weighted by molar-refractivity contribution is 8.03. The van der Waals surface area contributed by atoms with E-state index < -0.39 is 0 Å². The first kappa shape index (κ1) is 10.6. The lowest BCUT2D eigenvalue weighted by Crippen LogP contribution is -2.13. The fraction of sp³-hybridized carbons (Fsp3) is 1.00. The van der Waals surface area contributed by atoms with E-state index in [2.05, 4.69) is 0 Å². The third-order valence-electron chi connectivity index (χ3n) is 0.845. The summed E-state index contributed by atoms with van der Waals surface area (Å²) in [5.74, 6) is 2.20. The first-order chi connectivity index (χ1) is 4.63. The molecule has 0 aliphatic heterocycles. The Morgan fingerprint density at radius 2 is 1.30 bits per heavy atom. The van der Waals surface area contributed by atoms with Gasteiger partial charge in [-0.3, -0.25) is 0 Å². The summed E-state index contributed by atoms with van der Waals surface area (Å²) in [5, 5.41) is 0.516. The van der Waals surface area contributed by atoms with Crippen LogP contribution in [0.4, 0.5) is 0 Å². The first-order valence-corrected chi connectivity index (χ1v) is 5.47. The van der Waals surface area contributed by atoms with Crippen LogP contribution in [0.1, 0.15) is 13.8 Å². The Labute approximate surface area is 71.5 Å². The molecule has 0 radical (unpaired) electrons. The molecule has 0 bridgehead atoms. The maximum absolute atomic E-state index is 5.53. The highest BCUT2D eigenvalue weighted by Gasteiger charge is 1.96. The normalized spacial score (nSPS) is 16.8. The van der Waals surface area contributed by atoms with Crippen LogP contribution in [0, 0.1) is 0 Å². The van der Waals surface area contributed by atoms with Crippen molar-refractivity contribution in [1.82, 2.24) is 0 Å². The van der Waals surface area contributed by atoms with Crippen molar-refractivity contribution in [2.45, 2.75) is 24.6 Å². The smallest absolute Gasteiger partial charge is 0.0478 e. The molecule has 0 rings (SSSR count). The van der Waals surface area contributed by atoms with Crippen LogP contribution in [0.3, 0.4) is 0 Å². The molecule has 0 saturated carbocycles. The second-order valence-electron chi connectivity index (χ2n) is 2.15. The van der Waals surface area contributed by atoms with Crippen molar-refractivity contribution in [1.29, 1.82) is 0 Å². The van der Waals surface area contributed by atoms with Crippen LogP contribution in [0.5, 0.6) is 0 Å². The highest BCUT2D eigenvalue weighted by atomic mass is 32.2. The first-order valence-electron chi connectivity index (χ1n) is 3.37. The molecule has 0 heterocycles. The molecule has 4 heteroatoms. The van der Waals surface area contributed by atoms with Crippen LogP contribution < -0.4 is 11.5 Å². The third kappa shape index (κ3) is 8.62. The summed E-state index contributed by atoms with van der Waals surface area (Å²) in [6, 6.07) is 0. The second-order valence-corrected chi connectivity index (χ2v) is 5.12. The third-order valence-corrected chi connectivity index (χ3v) is 3.03. The van der Waals surface area contributed by atoms with Gasteiger partial charge < -0.3 is 11.5 Å². The zero-order valence-corrected chi connectivity index (χ0v) is 8.17. The maximum atomic E-state index is 5.53. The quantitative estimate of drug-likeness (QED) is 0.491. The summed E-state index contributed by atoms with van der Waals surface area (Å²) in [5.41, 5.74) is 11.1. The molecule has 0 aromatic rings. The lowest BCUT2D eigenvalue weighted by Gasteiger charge is -2.05. The van der Waals surface area contributed by atoms with Crippen molar-refractivity contribution in [3.8, 4) is 0 Å². The van der Waals surface area contributed by atoms with Gasteiger partial charge in [-0.25, -0.2) is 0 Å². The lowest BCUT2D eigenvalue weighted by atomic mass is 10.8. The van der Waals surface area contributed by atoms with E-state index in [0.29, 0.717) is 0 Å². The number of hydrogen-bond donors (Lipinski definition) is 2. The zero-order chi connectivity index (χ0) is 7.98. The van der Waals surface area contributed by atoms with Crippen LogP contribution in [0.15, 0.2) is 0 Å². The Hall–Kier alpha value is 0.620. The minimum Gasteiger partial charge on any atom is -0.320 e. The Kier molecular flexibility index (Phi) is 6.73. The van der Waals surface area contributed by atoms with Crippen LogP contribution in [-0.4, -0.2) is 22.3 Å². The minimum absolute atomic E-state index is 0.258. The largest absolute Gasteiger partial charge is 0.320 e. The number of rotatable bonds is 5. The Balaban J connectivity index is 2.91. The average molecular weight is 180 g/mol. The molecule has 0 fully saturated rings. The summed E-state index contributed by atoms with van der Waals surface area (Å²) in [4.78, 5) is 0. The summed E-state index contributed by atoms with van der Waals surface area (Å²) in [6.45, 7) is 4.00. The SMILES string of the molecule is CC(N)SCCSC(C)N. The molecule has 0 saturated heterocycles. The van der Waals surface area contributed by atoms with Crippen LogP contribution in [0.2, 0.25) is 0 Å². The zero-order valence-electron chi connectivity index (χ0n) is 6.54. The van der Waals surface area contributed by atoms with Gasteiger partial charge in [0, 0.05) is 22.3 Å². The Bertz CT molecular complexity index is 66.1. The van der Waals surface area contributed by atoms with Gasteiger partial charge in [0.15, 0.2) is 0 Å². The minimum atomic E-state index is 0.258. The van der Waals surface area contributed by atoms with Gasteiger partial charge in [-0.15, -0.1) is 23.5 Å². The molecule has 2 atom stereocenters. The van der Waals surface area contributed by atoms with E-state index in [-0.39, 0.29) is 10.7 Å². The Morgan fingerprint density at radius 1 is 1.00 bits per heavy atom. The van der Waals surface area contributed by atoms with Gasteiger partial charge in [-0.2, -0.15) is 0 Å². The van der Waals surface area contributed by atoms with E-state index in [1.54, 1.807) is 23.5 Å². The molecule has 62 valence electrons. The monoisotopic (exact) mass is 180 g/mol. The van der Waals surface area contributed by atoms with Gasteiger partial charge in [0.2, 0.25) is 0 Å². The summed E-state index contributed by atoms with van der Waals surface area (Å²) in [7, 11) is 0. The van der Waals surface area contributed by atoms with Gasteiger partial charge in [0.1, 0.15) is 0 Å². The fourth-order valence-electron chi connectivity index (χ4n) is 0.468. The highest BCUT2D eigenvalue weighted by Crippen LogP contribution is 2.10. The molecule has 2 nitrogen and oxygen atoms in total. The van der Waals surface area contributed by atoms with Crippen molar-refractivity contribution in [2.24, 2.45) is 11.5 Å². The number of hydrogen-bond acceptors (Lipinski definition) is 4. The van der Waals surface area contributed by atoms with Gasteiger partial charge in [0.05, 0.1) is 0 Å². The Morgan fingerprint density at radius 3 is 1.50 bits per heavy atom. The summed E-state index contributed by atoms with van der Waals surface area (Å²) >= 11 is 3.55. The second kappa shape index (κ2) is 6.34. The molecular formula is C6H16N2S2. The van der Waals surface area contributed by atoms with E-state index in [1.807, 2.05) is 13.8 Å². The predicted molar refractivity (Wildman–Crippen MR) is 52.2 cm³/mol. The molecular weight excluding hydrogens is 164 g/mol. The molecule has 0 aromatic carbocycles. The molecule has 0 aromatic heterocycles. The van der Waals surface area contributed by atoms with Crippen molar-refractivity contribution in [3.05, 3.63) is 0 Å². The average Bonchev–Trinajstić information content (AvgIpc) is 1.79. The molecule has 2 unspecified atom stereocenters. The van der Waals surface area contributed by atoms with E-state index >= 15 is 0 Å². The van der Waals surface area contributed by atoms with Gasteiger partial charge in [0.25, 0.3) is 0 Å². The molecule has 0 aliphatic rings. The van der Waals surface area contributed by atoms with Crippen molar-refractivity contribution >= 4 is 23.5 Å². The van der Waals surface area contributed by atoms with Gasteiger partial charge in [-0.05, 0) is 13.8 Å². The predicted octanol–water partition coefficient (Wildman–Crippen LogP) is 1.06. The van der Waals surface area contributed by atoms with E-state index in [0.717, 1.165) is 11.5 Å². The molecule has 0 amide bonds. The van der Waals surface area contributed by atoms with Gasteiger partial charge in [-0.1, -0.05) is 0 Å². The number of nitrogens with two attached hydrogens (primary N) is 2. The van der Waals surface area contributed by atoms with Crippen LogP contribution >= 0.6 is 23.5 Å². The number of thioether (sulfide) groups is 2. The van der Waals surface area contributed by atoms with Crippen molar-refractivity contribution in [3.63, 3.8) is 0 Å². The van der Waals surface area contributed by atoms with Crippen molar-refractivity contribution in [2.75, 3.05) is 11.5 Å². The summed E-state index contributed by atoms with van der Waals surface area (Å²) in [6.07, 6.45) is 0. The molecule has 10 heavy (non-hydrogen) atoms. The lowest BCUT2D eigenvalue weighted by molar-refractivity contribution is 1.04. The van der Waals surface area contributed by atoms with E-state index in [9.17, 15) is 0 Å². The molecule has 0 aliphatic carbocycles. The van der Waals surface area contributed by atoms with E-state index in [1.165, 1.54) is 0 Å². The van der Waals surface area contributed by atoms with Gasteiger partial charge >= 0.3 is 0 Å². The maximum Gasteiger partial charge on any atom is 0.0478 e. The van der Waals surface area contributed by atoms with Crippen LogP contribution in [0.25, 0.3) is 0 Å². The van der Waals surface area contributed by atoms with E-state index in [4.69, 9.17) is 11.5 Å². The fourth-order valence-corrected chi connectivity index (χ4v) is 1.98. The van der Waals surface area contributed by atoms with Crippen molar-refractivity contribution < 1.29 is 0 Å². The topological polar surface area (TPSA) is 52.0 Å². The standard InChI is InChI=1S/C6H16N2S2/c1-5(7)9-3-4-10-6(2)8/h5-6H,3-4,7-8H2,1-2H3. The van der Waals surface area contributed by atoms with Crippen LogP contribution in [-0.2, 0) is 0 Å². The molecule has 0 spiro atoms.